The molecule has 0 radical (unpaired) electrons. The third kappa shape index (κ3) is 6.71. The van der Waals surface area contributed by atoms with E-state index in [1.54, 1.807) is 4.72 Å². The Balaban J connectivity index is 1.66. The van der Waals surface area contributed by atoms with Crippen molar-refractivity contribution in [2.75, 3.05) is 5.73 Å². The molecule has 3 rings (SSSR count). The maximum atomic E-state index is 12.9. The second-order valence-corrected chi connectivity index (χ2v) is 11.1. The second kappa shape index (κ2) is 11.3. The van der Waals surface area contributed by atoms with Crippen molar-refractivity contribution in [2.24, 2.45) is 5.16 Å². The lowest BCUT2D eigenvalue weighted by molar-refractivity contribution is -0.161. The number of thiazole rings is 1. The number of likely N-dealkylation sites (tertiary alicyclic amines) is 1. The number of β-lactam (4-membered cyclic amide) rings is 1. The normalized spacial score (nSPS) is 17.6. The minimum atomic E-state index is -4.50. The number of nitrogens with one attached hydrogen (secondary N) is 4. The molecule has 0 aromatic carbocycles. The van der Waals surface area contributed by atoms with Crippen LogP contribution in [0.1, 0.15) is 32.2 Å². The van der Waals surface area contributed by atoms with Crippen molar-refractivity contribution >= 4 is 56.2 Å². The molecule has 20 heteroatoms. The molecule has 1 aliphatic rings. The summed E-state index contributed by atoms with van der Waals surface area (Å²) < 4.78 is 28.1. The Bertz CT molecular complexity index is 1550. The van der Waals surface area contributed by atoms with Crippen LogP contribution in [0.2, 0.25) is 0 Å². The SMILES string of the molecule is C[C@H]1[C@H](NC(=O)/C(=N\OC(C)(C)C(=O)O)c2csc(N)n2)C(=O)N1C(=O)NS(=O)(=O)NCc1cc(=O)c(O)c[nH]1. The number of hydrogen-bond donors (Lipinski definition) is 7. The van der Waals surface area contributed by atoms with E-state index in [2.05, 4.69) is 20.4 Å². The van der Waals surface area contributed by atoms with Gasteiger partial charge in [0.25, 0.3) is 11.8 Å². The van der Waals surface area contributed by atoms with E-state index in [-0.39, 0.29) is 16.5 Å². The Hall–Kier alpha value is -4.56. The number of rotatable bonds is 10. The highest BCUT2D eigenvalue weighted by atomic mass is 32.2. The van der Waals surface area contributed by atoms with Gasteiger partial charge < -0.3 is 31.1 Å². The Morgan fingerprint density at radius 2 is 2.00 bits per heavy atom. The standard InChI is InChI=1S/C20H24N8O10S2/c1-8-13(25-15(31)14(10-7-39-18(21)24-10)26-38-20(2,3)17(33)34)16(32)28(8)19(35)27-40(36,37)23-5-9-4-11(29)12(30)6-22-9/h4,6-8,13,23,30H,5H2,1-3H3,(H2,21,24)(H,22,29)(H,25,31)(H,27,35)(H,33,34)/b26-14-/t8-,13-/m0/s1. The summed E-state index contributed by atoms with van der Waals surface area (Å²) >= 11 is 0.957. The van der Waals surface area contributed by atoms with Gasteiger partial charge in [0, 0.05) is 23.3 Å². The van der Waals surface area contributed by atoms with Crippen molar-refractivity contribution in [3.8, 4) is 5.75 Å². The fourth-order valence-electron chi connectivity index (χ4n) is 3.08. The number of urea groups is 1. The quantitative estimate of drug-likeness (QED) is 0.0900. The molecule has 40 heavy (non-hydrogen) atoms. The van der Waals surface area contributed by atoms with Crippen LogP contribution in [0.15, 0.2) is 27.6 Å². The molecule has 1 fully saturated rings. The molecule has 1 saturated heterocycles. The Labute approximate surface area is 229 Å². The van der Waals surface area contributed by atoms with E-state index in [1.807, 2.05) is 4.72 Å². The number of oxime groups is 1. The number of nitrogens with two attached hydrogens (primary N) is 1. The van der Waals surface area contributed by atoms with Crippen LogP contribution >= 0.6 is 11.3 Å². The third-order valence-corrected chi connectivity index (χ3v) is 7.03. The summed E-state index contributed by atoms with van der Waals surface area (Å²) in [7, 11) is -4.50. The summed E-state index contributed by atoms with van der Waals surface area (Å²) in [5, 5.41) is 25.8. The van der Waals surface area contributed by atoms with Gasteiger partial charge in [-0.25, -0.2) is 19.3 Å². The Morgan fingerprint density at radius 1 is 1.32 bits per heavy atom. The molecule has 0 saturated carbocycles. The van der Waals surface area contributed by atoms with Crippen molar-refractivity contribution in [1.29, 1.82) is 0 Å². The van der Waals surface area contributed by atoms with Crippen molar-refractivity contribution in [3.05, 3.63) is 39.3 Å². The molecule has 2 aromatic rings. The highest BCUT2D eigenvalue weighted by Crippen LogP contribution is 2.21. The fraction of sp³-hybridized carbons (Fsp3) is 0.350. The first-order chi connectivity index (χ1) is 18.5. The van der Waals surface area contributed by atoms with E-state index in [0.717, 1.165) is 23.6 Å². The molecule has 1 aliphatic heterocycles. The van der Waals surface area contributed by atoms with E-state index in [1.165, 1.54) is 26.2 Å². The van der Waals surface area contributed by atoms with Crippen LogP contribution in [0.25, 0.3) is 0 Å². The molecule has 0 aliphatic carbocycles. The topological polar surface area (TPSA) is 276 Å². The van der Waals surface area contributed by atoms with Crippen LogP contribution < -0.4 is 25.9 Å². The molecule has 18 nitrogen and oxygen atoms in total. The first-order valence-electron chi connectivity index (χ1n) is 11.1. The van der Waals surface area contributed by atoms with Crippen LogP contribution in [0.4, 0.5) is 9.93 Å². The zero-order valence-electron chi connectivity index (χ0n) is 21.0. The number of aromatic hydroxyl groups is 1. The summed E-state index contributed by atoms with van der Waals surface area (Å²) in [4.78, 5) is 72.8. The highest BCUT2D eigenvalue weighted by molar-refractivity contribution is 7.88. The molecule has 8 N–H and O–H groups in total. The zero-order chi connectivity index (χ0) is 30.0. The van der Waals surface area contributed by atoms with Gasteiger partial charge in [-0.05, 0) is 20.8 Å². The van der Waals surface area contributed by atoms with Gasteiger partial charge in [0.2, 0.25) is 11.0 Å². The molecule has 3 heterocycles. The molecule has 2 atom stereocenters. The summed E-state index contributed by atoms with van der Waals surface area (Å²) in [6.07, 6.45) is 0.956. The molecule has 2 aromatic heterocycles. The number of carbonyl (C=O) groups excluding carboxylic acids is 3. The number of aliphatic carboxylic acids is 1. The number of nitrogen functional groups attached to an aromatic ring is 1. The number of amides is 4. The summed E-state index contributed by atoms with van der Waals surface area (Å²) in [5.41, 5.74) is 2.53. The molecule has 0 unspecified atom stereocenters. The van der Waals surface area contributed by atoms with Gasteiger partial charge in [0.15, 0.2) is 16.6 Å². The zero-order valence-corrected chi connectivity index (χ0v) is 22.6. The molecule has 216 valence electrons. The largest absolute Gasteiger partial charge is 0.503 e. The Morgan fingerprint density at radius 3 is 2.55 bits per heavy atom. The molecular formula is C20H24N8O10S2. The summed E-state index contributed by atoms with van der Waals surface area (Å²) in [5.74, 6) is -3.91. The first kappa shape index (κ1) is 30.0. The second-order valence-electron chi connectivity index (χ2n) is 8.76. The van der Waals surface area contributed by atoms with Gasteiger partial charge in [0.1, 0.15) is 11.7 Å². The van der Waals surface area contributed by atoms with Gasteiger partial charge in [-0.1, -0.05) is 5.16 Å². The number of anilines is 1. The first-order valence-corrected chi connectivity index (χ1v) is 13.5. The maximum absolute atomic E-state index is 12.9. The average Bonchev–Trinajstić information content (AvgIpc) is 3.28. The van der Waals surface area contributed by atoms with Crippen molar-refractivity contribution < 1.29 is 42.6 Å². The monoisotopic (exact) mass is 600 g/mol. The van der Waals surface area contributed by atoms with Gasteiger partial charge >= 0.3 is 22.2 Å². The number of hydrogen-bond acceptors (Lipinski definition) is 13. The van der Waals surface area contributed by atoms with Crippen LogP contribution in [-0.4, -0.2) is 80.7 Å². The predicted octanol–water partition coefficient (Wildman–Crippen LogP) is -1.84. The van der Waals surface area contributed by atoms with Gasteiger partial charge in [-0.15, -0.1) is 11.3 Å². The van der Waals surface area contributed by atoms with Crippen LogP contribution in [0, 0.1) is 0 Å². The lowest BCUT2D eigenvalue weighted by atomic mass is 9.97. The molecule has 0 bridgehead atoms. The molecule has 0 spiro atoms. The highest BCUT2D eigenvalue weighted by Gasteiger charge is 2.50. The number of H-pyrrole nitrogens is 1. The van der Waals surface area contributed by atoms with Gasteiger partial charge in [-0.2, -0.15) is 13.1 Å². The smallest absolute Gasteiger partial charge is 0.350 e. The van der Waals surface area contributed by atoms with Gasteiger partial charge in [-0.3, -0.25) is 19.3 Å². The van der Waals surface area contributed by atoms with E-state index in [4.69, 9.17) is 10.6 Å². The van der Waals surface area contributed by atoms with E-state index < -0.39 is 75.1 Å². The number of carbonyl (C=O) groups is 4. The minimum Gasteiger partial charge on any atom is -0.503 e. The minimum absolute atomic E-state index is 0.0653. The van der Waals surface area contributed by atoms with Crippen LogP contribution in [0.3, 0.4) is 0 Å². The average molecular weight is 601 g/mol. The van der Waals surface area contributed by atoms with Crippen LogP contribution in [-0.2, 0) is 36.0 Å². The number of nitrogens with zero attached hydrogens (tertiary/aromatic N) is 3. The lowest BCUT2D eigenvalue weighted by Gasteiger charge is -2.43. The number of aromatic amines is 1. The van der Waals surface area contributed by atoms with Crippen LogP contribution in [0.5, 0.6) is 5.75 Å². The number of imide groups is 1. The van der Waals surface area contributed by atoms with E-state index >= 15 is 0 Å². The number of carboxylic acids is 1. The lowest BCUT2D eigenvalue weighted by Crippen LogP contribution is -2.73. The van der Waals surface area contributed by atoms with E-state index in [0.29, 0.717) is 4.90 Å². The Kier molecular flexibility index (Phi) is 8.45. The number of aromatic nitrogens is 2. The van der Waals surface area contributed by atoms with E-state index in [9.17, 15) is 42.6 Å². The van der Waals surface area contributed by atoms with Crippen molar-refractivity contribution in [2.45, 2.75) is 45.0 Å². The number of pyridine rings is 1. The van der Waals surface area contributed by atoms with Crippen molar-refractivity contribution in [1.82, 2.24) is 29.6 Å². The molecular weight excluding hydrogens is 576 g/mol. The molecule has 4 amide bonds. The fourth-order valence-corrected chi connectivity index (χ4v) is 4.38. The summed E-state index contributed by atoms with van der Waals surface area (Å²) in [6, 6.07) is -2.68. The predicted molar refractivity (Wildman–Crippen MR) is 137 cm³/mol. The maximum Gasteiger partial charge on any atom is 0.350 e. The summed E-state index contributed by atoms with van der Waals surface area (Å²) in [6.45, 7) is 3.27. The number of carboxylic acid groups (broad SMARTS) is 1. The van der Waals surface area contributed by atoms with Gasteiger partial charge in [0.05, 0.1) is 12.6 Å². The van der Waals surface area contributed by atoms with Crippen molar-refractivity contribution in [3.63, 3.8) is 0 Å². The third-order valence-electron chi connectivity index (χ3n) is 5.38.